The molecule has 2 aliphatic heterocycles. The molecule has 0 aliphatic carbocycles. The summed E-state index contributed by atoms with van der Waals surface area (Å²) in [5.41, 5.74) is 5.34. The first-order chi connectivity index (χ1) is 10.6. The van der Waals surface area contributed by atoms with Gasteiger partial charge in [-0.15, -0.1) is 0 Å². The van der Waals surface area contributed by atoms with Crippen LogP contribution < -0.4 is 5.73 Å². The van der Waals surface area contributed by atoms with Crippen LogP contribution in [0.4, 0.5) is 4.79 Å². The largest absolute Gasteiger partial charge is 0.351 e. The van der Waals surface area contributed by atoms with Crippen molar-refractivity contribution >= 4 is 11.9 Å². The second-order valence-electron chi connectivity index (χ2n) is 6.08. The summed E-state index contributed by atoms with van der Waals surface area (Å²) in [5.74, 6) is 0.00603. The zero-order chi connectivity index (χ0) is 15.5. The van der Waals surface area contributed by atoms with Crippen molar-refractivity contribution in [2.75, 3.05) is 26.2 Å². The van der Waals surface area contributed by atoms with E-state index in [1.807, 2.05) is 9.58 Å². The second-order valence-corrected chi connectivity index (χ2v) is 6.08. The van der Waals surface area contributed by atoms with E-state index in [0.717, 1.165) is 32.2 Å². The van der Waals surface area contributed by atoms with Gasteiger partial charge in [-0.05, 0) is 25.7 Å². The Labute approximate surface area is 129 Å². The average molecular weight is 306 g/mol. The summed E-state index contributed by atoms with van der Waals surface area (Å²) < 4.78 is 1.83. The molecule has 0 radical (unpaired) electrons. The van der Waals surface area contributed by atoms with Gasteiger partial charge in [-0.2, -0.15) is 5.10 Å². The number of rotatable bonds is 2. The molecule has 2 aliphatic rings. The molecule has 0 bridgehead atoms. The number of carbonyl (C=O) groups excluding carboxylic acids is 2. The van der Waals surface area contributed by atoms with E-state index in [1.165, 1.54) is 6.33 Å². The molecule has 0 unspecified atom stereocenters. The topological polar surface area (TPSA) is 97.3 Å². The smallest absolute Gasteiger partial charge is 0.314 e. The van der Waals surface area contributed by atoms with Crippen LogP contribution in [0, 0.1) is 5.92 Å². The number of carbonyl (C=O) groups is 2. The zero-order valence-corrected chi connectivity index (χ0v) is 12.6. The number of nitrogens with two attached hydrogens (primary N) is 1. The Hall–Kier alpha value is -2.12. The summed E-state index contributed by atoms with van der Waals surface area (Å²) in [7, 11) is 0. The van der Waals surface area contributed by atoms with E-state index >= 15 is 0 Å². The van der Waals surface area contributed by atoms with E-state index in [4.69, 9.17) is 5.73 Å². The van der Waals surface area contributed by atoms with Gasteiger partial charge in [-0.3, -0.25) is 4.79 Å². The van der Waals surface area contributed by atoms with Gasteiger partial charge in [0.15, 0.2) is 0 Å². The Kier molecular flexibility index (Phi) is 4.26. The maximum absolute atomic E-state index is 12.7. The Morgan fingerprint density at radius 1 is 1.09 bits per heavy atom. The summed E-state index contributed by atoms with van der Waals surface area (Å²) in [4.78, 5) is 31.5. The average Bonchev–Trinajstić information content (AvgIpc) is 3.09. The minimum absolute atomic E-state index is 0.129. The van der Waals surface area contributed by atoms with Crippen molar-refractivity contribution in [1.82, 2.24) is 24.6 Å². The monoisotopic (exact) mass is 306 g/mol. The van der Waals surface area contributed by atoms with E-state index in [0.29, 0.717) is 19.6 Å². The fraction of sp³-hybridized carbons (Fsp3) is 0.714. The lowest BCUT2D eigenvalue weighted by Gasteiger charge is -2.37. The van der Waals surface area contributed by atoms with Crippen LogP contribution in [-0.2, 0) is 4.79 Å². The van der Waals surface area contributed by atoms with Gasteiger partial charge in [-0.1, -0.05) is 0 Å². The van der Waals surface area contributed by atoms with Gasteiger partial charge < -0.3 is 15.5 Å². The first-order valence-corrected chi connectivity index (χ1v) is 7.82. The number of piperidine rings is 2. The summed E-state index contributed by atoms with van der Waals surface area (Å²) in [6, 6.07) is -0.243. The third kappa shape index (κ3) is 3.05. The van der Waals surface area contributed by atoms with Crippen molar-refractivity contribution in [3.8, 4) is 0 Å². The number of hydrogen-bond acceptors (Lipinski definition) is 4. The molecule has 8 nitrogen and oxygen atoms in total. The normalized spacial score (nSPS) is 26.0. The highest BCUT2D eigenvalue weighted by molar-refractivity contribution is 5.80. The first-order valence-electron chi connectivity index (χ1n) is 7.82. The Morgan fingerprint density at radius 2 is 1.86 bits per heavy atom. The molecule has 120 valence electrons. The number of primary amides is 1. The van der Waals surface area contributed by atoms with Gasteiger partial charge in [0.1, 0.15) is 12.7 Å². The predicted molar refractivity (Wildman–Crippen MR) is 78.8 cm³/mol. The summed E-state index contributed by atoms with van der Waals surface area (Å²) in [6.07, 6.45) is 6.85. The molecule has 8 heteroatoms. The van der Waals surface area contributed by atoms with Gasteiger partial charge in [-0.25, -0.2) is 14.5 Å². The van der Waals surface area contributed by atoms with Crippen molar-refractivity contribution in [3.05, 3.63) is 12.7 Å². The molecule has 0 saturated carbocycles. The third-order valence-corrected chi connectivity index (χ3v) is 4.60. The molecule has 2 saturated heterocycles. The number of aromatic nitrogens is 3. The molecular weight excluding hydrogens is 284 g/mol. The van der Waals surface area contributed by atoms with Crippen LogP contribution in [0.5, 0.6) is 0 Å². The fourth-order valence-corrected chi connectivity index (χ4v) is 3.41. The van der Waals surface area contributed by atoms with Crippen LogP contribution in [0.2, 0.25) is 0 Å². The van der Waals surface area contributed by atoms with Crippen molar-refractivity contribution in [3.63, 3.8) is 0 Å². The van der Waals surface area contributed by atoms with E-state index in [-0.39, 0.29) is 17.9 Å². The second kappa shape index (κ2) is 6.33. The van der Waals surface area contributed by atoms with Gasteiger partial charge in [0.2, 0.25) is 5.91 Å². The van der Waals surface area contributed by atoms with Crippen LogP contribution in [0.15, 0.2) is 12.7 Å². The van der Waals surface area contributed by atoms with E-state index in [2.05, 4.69) is 10.1 Å². The number of hydrogen-bond donors (Lipinski definition) is 1. The van der Waals surface area contributed by atoms with Crippen LogP contribution >= 0.6 is 0 Å². The maximum Gasteiger partial charge on any atom is 0.314 e. The number of nitrogens with zero attached hydrogens (tertiary/aromatic N) is 5. The van der Waals surface area contributed by atoms with E-state index < -0.39 is 6.03 Å². The minimum Gasteiger partial charge on any atom is -0.351 e. The van der Waals surface area contributed by atoms with Crippen molar-refractivity contribution in [2.24, 2.45) is 11.7 Å². The Morgan fingerprint density at radius 3 is 2.59 bits per heavy atom. The van der Waals surface area contributed by atoms with Crippen molar-refractivity contribution in [1.29, 1.82) is 0 Å². The predicted octanol–water partition coefficient (Wildman–Crippen LogP) is 0.232. The third-order valence-electron chi connectivity index (χ3n) is 4.60. The molecule has 0 spiro atoms. The summed E-state index contributed by atoms with van der Waals surface area (Å²) >= 11 is 0. The van der Waals surface area contributed by atoms with Crippen molar-refractivity contribution in [2.45, 2.75) is 31.7 Å². The number of likely N-dealkylation sites (tertiary alicyclic amines) is 2. The highest BCUT2D eigenvalue weighted by Gasteiger charge is 2.33. The molecule has 1 aromatic rings. The standard InChI is InChI=1S/C14H22N6O2/c15-14(22)19-6-1-3-11(7-19)13(21)18-5-2-4-12(8-18)20-10-16-9-17-20/h9-12H,1-8H2,(H2,15,22)/t11-,12+/m0/s1. The fourth-order valence-electron chi connectivity index (χ4n) is 3.41. The lowest BCUT2D eigenvalue weighted by molar-refractivity contribution is -0.138. The molecule has 3 rings (SSSR count). The molecular formula is C14H22N6O2. The zero-order valence-electron chi connectivity index (χ0n) is 12.6. The van der Waals surface area contributed by atoms with Gasteiger partial charge in [0.05, 0.1) is 12.0 Å². The lowest BCUT2D eigenvalue weighted by atomic mass is 9.95. The maximum atomic E-state index is 12.7. The number of urea groups is 1. The minimum atomic E-state index is -0.434. The Bertz CT molecular complexity index is 531. The Balaban J connectivity index is 1.63. The molecule has 3 heterocycles. The summed E-state index contributed by atoms with van der Waals surface area (Å²) in [6.45, 7) is 2.53. The SMILES string of the molecule is NC(=O)N1CCC[C@H](C(=O)N2CCC[C@@H](n3cncn3)C2)C1. The molecule has 2 atom stereocenters. The van der Waals surface area contributed by atoms with Gasteiger partial charge in [0.25, 0.3) is 0 Å². The van der Waals surface area contributed by atoms with Gasteiger partial charge >= 0.3 is 6.03 Å². The molecule has 2 fully saturated rings. The highest BCUT2D eigenvalue weighted by Crippen LogP contribution is 2.24. The molecule has 1 aromatic heterocycles. The lowest BCUT2D eigenvalue weighted by Crippen LogP contribution is -2.50. The van der Waals surface area contributed by atoms with Crippen molar-refractivity contribution < 1.29 is 9.59 Å². The summed E-state index contributed by atoms with van der Waals surface area (Å²) in [5, 5.41) is 4.18. The van der Waals surface area contributed by atoms with E-state index in [9.17, 15) is 9.59 Å². The van der Waals surface area contributed by atoms with E-state index in [1.54, 1.807) is 11.2 Å². The van der Waals surface area contributed by atoms with Gasteiger partial charge in [0, 0.05) is 26.2 Å². The number of amides is 3. The quantitative estimate of drug-likeness (QED) is 0.846. The van der Waals surface area contributed by atoms with Crippen LogP contribution in [0.1, 0.15) is 31.7 Å². The molecule has 0 aromatic carbocycles. The van der Waals surface area contributed by atoms with Crippen LogP contribution in [-0.4, -0.2) is 62.7 Å². The van der Waals surface area contributed by atoms with Crippen LogP contribution in [0.25, 0.3) is 0 Å². The molecule has 2 N–H and O–H groups in total. The molecule has 22 heavy (non-hydrogen) atoms. The highest BCUT2D eigenvalue weighted by atomic mass is 16.2. The molecule has 3 amide bonds. The first kappa shape index (κ1) is 14.8. The van der Waals surface area contributed by atoms with Crippen LogP contribution in [0.3, 0.4) is 0 Å².